The summed E-state index contributed by atoms with van der Waals surface area (Å²) >= 11 is 0. The van der Waals surface area contributed by atoms with Crippen molar-refractivity contribution in [2.24, 2.45) is 0 Å². The minimum atomic E-state index is -0.713. The summed E-state index contributed by atoms with van der Waals surface area (Å²) in [5, 5.41) is 10.8. The fourth-order valence-electron chi connectivity index (χ4n) is 4.14. The maximum atomic E-state index is 13.3. The predicted octanol–water partition coefficient (Wildman–Crippen LogP) is 4.42. The van der Waals surface area contributed by atoms with Crippen LogP contribution in [0.5, 0.6) is 11.5 Å². The van der Waals surface area contributed by atoms with Gasteiger partial charge in [0.2, 0.25) is 0 Å². The first-order valence-corrected chi connectivity index (χ1v) is 11.5. The Labute approximate surface area is 200 Å². The summed E-state index contributed by atoms with van der Waals surface area (Å²) in [6.45, 7) is 4.64. The van der Waals surface area contributed by atoms with Gasteiger partial charge >= 0.3 is 0 Å². The quantitative estimate of drug-likeness (QED) is 0.465. The molecule has 1 aliphatic heterocycles. The molecule has 1 aliphatic rings. The van der Waals surface area contributed by atoms with Crippen LogP contribution in [0.3, 0.4) is 0 Å². The zero-order chi connectivity index (χ0) is 24.7. The second-order valence-corrected chi connectivity index (χ2v) is 8.50. The van der Waals surface area contributed by atoms with Gasteiger partial charge in [0.05, 0.1) is 24.8 Å². The summed E-state index contributed by atoms with van der Waals surface area (Å²) in [5.74, 6) is -0.220. The molecule has 2 aromatic rings. The maximum Gasteiger partial charge on any atom is 0.290 e. The lowest BCUT2D eigenvalue weighted by Crippen LogP contribution is -2.32. The number of aliphatic hydroxyl groups is 1. The van der Waals surface area contributed by atoms with Gasteiger partial charge in [0.15, 0.2) is 23.0 Å². The van der Waals surface area contributed by atoms with E-state index in [9.17, 15) is 14.7 Å². The molecule has 0 radical (unpaired) electrons. The molecule has 7 heteroatoms. The van der Waals surface area contributed by atoms with Crippen molar-refractivity contribution in [1.29, 1.82) is 0 Å². The number of rotatable bonds is 12. The highest BCUT2D eigenvalue weighted by molar-refractivity contribution is 6.09. The number of aliphatic hydroxyl groups excluding tert-OH is 1. The molecule has 182 valence electrons. The normalized spacial score (nSPS) is 15.9. The van der Waals surface area contributed by atoms with Crippen LogP contribution in [0.4, 0.5) is 0 Å². The highest BCUT2D eigenvalue weighted by Crippen LogP contribution is 2.41. The lowest BCUT2D eigenvalue weighted by Gasteiger charge is -2.27. The Morgan fingerprint density at radius 1 is 1.09 bits per heavy atom. The van der Waals surface area contributed by atoms with Crippen molar-refractivity contribution in [3.8, 4) is 11.5 Å². The van der Waals surface area contributed by atoms with Crippen molar-refractivity contribution in [2.75, 3.05) is 27.4 Å². The number of ether oxygens (including phenoxy) is 3. The zero-order valence-corrected chi connectivity index (χ0v) is 20.2. The number of ketones is 1. The van der Waals surface area contributed by atoms with Gasteiger partial charge < -0.3 is 24.2 Å². The van der Waals surface area contributed by atoms with E-state index in [0.717, 1.165) is 5.56 Å². The van der Waals surface area contributed by atoms with Crippen LogP contribution in [0.2, 0.25) is 0 Å². The first-order chi connectivity index (χ1) is 16.4. The molecule has 0 saturated heterocycles. The predicted molar refractivity (Wildman–Crippen MR) is 129 cm³/mol. The third-order valence-corrected chi connectivity index (χ3v) is 5.70. The number of methoxy groups -OCH3 is 2. The number of nitrogens with zero attached hydrogens (tertiary/aromatic N) is 1. The van der Waals surface area contributed by atoms with Crippen LogP contribution >= 0.6 is 0 Å². The monoisotopic (exact) mass is 467 g/mol. The van der Waals surface area contributed by atoms with E-state index in [1.165, 1.54) is 4.90 Å². The summed E-state index contributed by atoms with van der Waals surface area (Å²) < 4.78 is 16.5. The number of benzene rings is 2. The Kier molecular flexibility index (Phi) is 8.71. The van der Waals surface area contributed by atoms with Gasteiger partial charge in [-0.2, -0.15) is 0 Å². The van der Waals surface area contributed by atoms with E-state index in [1.807, 2.05) is 50.2 Å². The molecule has 0 saturated carbocycles. The van der Waals surface area contributed by atoms with E-state index in [0.29, 0.717) is 43.1 Å². The van der Waals surface area contributed by atoms with Crippen LogP contribution in [-0.4, -0.2) is 55.2 Å². The van der Waals surface area contributed by atoms with E-state index in [1.54, 1.807) is 26.4 Å². The molecule has 34 heavy (non-hydrogen) atoms. The van der Waals surface area contributed by atoms with Crippen LogP contribution in [0.1, 0.15) is 43.9 Å². The minimum absolute atomic E-state index is 0.0441. The van der Waals surface area contributed by atoms with Gasteiger partial charge in [-0.15, -0.1) is 0 Å². The number of aryl methyl sites for hydroxylation is 1. The lowest BCUT2D eigenvalue weighted by molar-refractivity contribution is -0.129. The molecule has 1 N–H and O–H groups in total. The van der Waals surface area contributed by atoms with Gasteiger partial charge in [0.1, 0.15) is 0 Å². The topological polar surface area (TPSA) is 85.3 Å². The fourth-order valence-corrected chi connectivity index (χ4v) is 4.14. The summed E-state index contributed by atoms with van der Waals surface area (Å²) in [5.41, 5.74) is 1.81. The summed E-state index contributed by atoms with van der Waals surface area (Å²) in [6.07, 6.45) is 1.23. The first-order valence-electron chi connectivity index (χ1n) is 11.5. The Bertz CT molecular complexity index is 1030. The van der Waals surface area contributed by atoms with E-state index >= 15 is 0 Å². The molecule has 1 amide bonds. The van der Waals surface area contributed by atoms with Crippen molar-refractivity contribution in [3.05, 3.63) is 71.0 Å². The largest absolute Gasteiger partial charge is 0.503 e. The summed E-state index contributed by atoms with van der Waals surface area (Å²) in [4.78, 5) is 27.9. The molecular formula is C27H33NO6. The number of carbonyl (C=O) groups is 2. The Morgan fingerprint density at radius 3 is 2.47 bits per heavy atom. The van der Waals surface area contributed by atoms with Crippen molar-refractivity contribution in [2.45, 2.75) is 45.3 Å². The summed E-state index contributed by atoms with van der Waals surface area (Å²) in [6, 6.07) is 14.3. The molecule has 0 fully saturated rings. The van der Waals surface area contributed by atoms with Crippen LogP contribution in [0.25, 0.3) is 0 Å². The standard InChI is InChI=1S/C27H33NO6/c1-18(2)34-22-14-12-20(17-23(22)33-4)25-24(21(29)13-11-19-9-6-5-7-10-19)26(30)27(31)28(25)15-8-16-32-3/h5-7,9-10,12,14,17-18,25,30H,8,11,13,15-16H2,1-4H3. The third-order valence-electron chi connectivity index (χ3n) is 5.70. The average molecular weight is 468 g/mol. The number of carbonyl (C=O) groups excluding carboxylic acids is 2. The second-order valence-electron chi connectivity index (χ2n) is 8.50. The highest BCUT2D eigenvalue weighted by Gasteiger charge is 2.43. The molecule has 0 aliphatic carbocycles. The molecule has 1 atom stereocenters. The van der Waals surface area contributed by atoms with Crippen molar-refractivity contribution < 1.29 is 28.9 Å². The Balaban J connectivity index is 1.95. The van der Waals surface area contributed by atoms with Crippen LogP contribution in [-0.2, 0) is 20.7 Å². The van der Waals surface area contributed by atoms with Crippen LogP contribution < -0.4 is 9.47 Å². The van der Waals surface area contributed by atoms with Crippen LogP contribution in [0, 0.1) is 0 Å². The molecule has 2 aromatic carbocycles. The van der Waals surface area contributed by atoms with Crippen molar-refractivity contribution in [1.82, 2.24) is 4.90 Å². The van der Waals surface area contributed by atoms with Crippen LogP contribution in [0.15, 0.2) is 59.9 Å². The molecule has 1 unspecified atom stereocenters. The SMILES string of the molecule is COCCCN1C(=O)C(O)=C(C(=O)CCc2ccccc2)C1c1ccc(OC(C)C)c(OC)c1. The number of hydrogen-bond acceptors (Lipinski definition) is 6. The molecule has 0 spiro atoms. The maximum absolute atomic E-state index is 13.3. The number of Topliss-reactive ketones (excluding diaryl/α,β-unsaturated/α-hetero) is 1. The zero-order valence-electron chi connectivity index (χ0n) is 20.2. The average Bonchev–Trinajstić information content (AvgIpc) is 3.08. The molecule has 7 nitrogen and oxygen atoms in total. The molecular weight excluding hydrogens is 434 g/mol. The minimum Gasteiger partial charge on any atom is -0.503 e. The molecule has 1 heterocycles. The van der Waals surface area contributed by atoms with Gasteiger partial charge in [-0.1, -0.05) is 36.4 Å². The highest BCUT2D eigenvalue weighted by atomic mass is 16.5. The number of hydrogen-bond donors (Lipinski definition) is 1. The van der Waals surface area contributed by atoms with E-state index in [2.05, 4.69) is 0 Å². The first kappa shape index (κ1) is 25.3. The summed E-state index contributed by atoms with van der Waals surface area (Å²) in [7, 11) is 3.14. The second kappa shape index (κ2) is 11.7. The van der Waals surface area contributed by atoms with Gasteiger partial charge in [-0.3, -0.25) is 9.59 Å². The van der Waals surface area contributed by atoms with Gasteiger partial charge in [-0.25, -0.2) is 0 Å². The number of amides is 1. The van der Waals surface area contributed by atoms with Gasteiger partial charge in [-0.05, 0) is 49.9 Å². The van der Waals surface area contributed by atoms with E-state index < -0.39 is 17.7 Å². The fraction of sp³-hybridized carbons (Fsp3) is 0.407. The van der Waals surface area contributed by atoms with E-state index in [4.69, 9.17) is 14.2 Å². The van der Waals surface area contributed by atoms with E-state index in [-0.39, 0.29) is 23.9 Å². The van der Waals surface area contributed by atoms with Gasteiger partial charge in [0.25, 0.3) is 5.91 Å². The smallest absolute Gasteiger partial charge is 0.290 e. The third kappa shape index (κ3) is 5.78. The molecule has 3 rings (SSSR count). The lowest BCUT2D eigenvalue weighted by atomic mass is 9.93. The molecule has 0 bridgehead atoms. The Morgan fingerprint density at radius 2 is 1.82 bits per heavy atom. The molecule has 0 aromatic heterocycles. The van der Waals surface area contributed by atoms with Crippen molar-refractivity contribution in [3.63, 3.8) is 0 Å². The van der Waals surface area contributed by atoms with Gasteiger partial charge in [0, 0.05) is 26.7 Å². The Hall–Kier alpha value is -3.32. The van der Waals surface area contributed by atoms with Crippen molar-refractivity contribution >= 4 is 11.7 Å².